The molecular weight excluding hydrogens is 935 g/mol. The van der Waals surface area contributed by atoms with Gasteiger partial charge in [0.05, 0.1) is 43.0 Å². The number of ether oxygens (including phenoxy) is 8. The van der Waals surface area contributed by atoms with E-state index in [4.69, 9.17) is 43.6 Å². The molecule has 0 aliphatic carbocycles. The number of methoxy groups -OCH3 is 1. The van der Waals surface area contributed by atoms with Crippen LogP contribution in [0.3, 0.4) is 0 Å². The molecule has 20 heteroatoms. The highest BCUT2D eigenvalue weighted by Crippen LogP contribution is 2.39. The molecule has 4 heterocycles. The first-order chi connectivity index (χ1) is 34.2. The first kappa shape index (κ1) is 58.5. The van der Waals surface area contributed by atoms with E-state index in [1.807, 2.05) is 55.3 Å². The topological polar surface area (TPSA) is 260 Å². The maximum absolute atomic E-state index is 13.8. The highest BCUT2D eigenvalue weighted by molar-refractivity contribution is 5.96. The molecule has 1 aromatic carbocycles. The van der Waals surface area contributed by atoms with Crippen LogP contribution >= 0.6 is 0 Å². The number of fused-ring (bicyclic) bond motifs is 1. The molecule has 3 aliphatic heterocycles. The second-order valence-corrected chi connectivity index (χ2v) is 20.0. The van der Waals surface area contributed by atoms with E-state index >= 15 is 0 Å². The minimum Gasteiger partial charge on any atom is -0.462 e. The number of benzene rings is 1. The number of anilines is 1. The van der Waals surface area contributed by atoms with Crippen LogP contribution in [-0.4, -0.2) is 188 Å². The molecule has 6 N–H and O–H groups in total. The zero-order valence-corrected chi connectivity index (χ0v) is 43.7. The van der Waals surface area contributed by atoms with Crippen molar-refractivity contribution in [2.45, 2.75) is 178 Å². The zero-order valence-electron chi connectivity index (χ0n) is 43.7. The van der Waals surface area contributed by atoms with Crippen LogP contribution in [-0.2, 0) is 52.3 Å². The van der Waals surface area contributed by atoms with Crippen LogP contribution in [0, 0.1) is 11.8 Å². The number of nitrogens with one attached hydrogen (secondary N) is 1. The largest absolute Gasteiger partial charge is 0.462 e. The molecule has 0 bridgehead atoms. The lowest BCUT2D eigenvalue weighted by molar-refractivity contribution is -0.344. The molecule has 0 spiro atoms. The van der Waals surface area contributed by atoms with E-state index in [-0.39, 0.29) is 31.6 Å². The molecule has 3 fully saturated rings. The fourth-order valence-electron chi connectivity index (χ4n) is 10.3. The molecule has 404 valence electrons. The Balaban J connectivity index is 1.39. The lowest BCUT2D eigenvalue weighted by Crippen LogP contribution is -2.66. The smallest absolute Gasteiger partial charge is 0.407 e. The van der Waals surface area contributed by atoms with Gasteiger partial charge < -0.3 is 78.9 Å². The Morgan fingerprint density at radius 2 is 1.74 bits per heavy atom. The van der Waals surface area contributed by atoms with Gasteiger partial charge in [-0.3, -0.25) is 9.59 Å². The Kier molecular flexibility index (Phi) is 22.2. The van der Waals surface area contributed by atoms with Crippen LogP contribution in [0.5, 0.6) is 0 Å². The fraction of sp³-hybridized carbons (Fsp3) is 0.712. The van der Waals surface area contributed by atoms with Crippen LogP contribution in [0.1, 0.15) is 98.5 Å². The van der Waals surface area contributed by atoms with Crippen molar-refractivity contribution in [1.82, 2.24) is 20.1 Å². The molecule has 2 aromatic rings. The molecule has 0 saturated carbocycles. The van der Waals surface area contributed by atoms with Crippen molar-refractivity contribution < 1.29 is 72.4 Å². The number of nitrogens with two attached hydrogens (primary N) is 1. The monoisotopic (exact) mass is 1020 g/mol. The summed E-state index contributed by atoms with van der Waals surface area (Å²) in [6.45, 7) is 11.6. The number of nitrogen functional groups attached to an aromatic ring is 1. The Labute approximate surface area is 424 Å². The highest BCUT2D eigenvalue weighted by Gasteiger charge is 2.54. The normalized spacial score (nSPS) is 34.9. The van der Waals surface area contributed by atoms with Gasteiger partial charge in [0.15, 0.2) is 24.3 Å². The summed E-state index contributed by atoms with van der Waals surface area (Å²) in [5, 5.41) is 40.1. The van der Waals surface area contributed by atoms with Gasteiger partial charge in [0, 0.05) is 63.0 Å². The predicted octanol–water partition coefficient (Wildman–Crippen LogP) is 3.98. The number of amides is 1. The number of aldehydes is 1. The summed E-state index contributed by atoms with van der Waals surface area (Å²) in [6.07, 6.45) is -5.79. The fourth-order valence-corrected chi connectivity index (χ4v) is 10.3. The minimum absolute atomic E-state index is 0.0339. The molecular formula is C52H81N5O15. The number of aliphatic hydroxyl groups excluding tert-OH is 3. The number of carbonyl (C=O) groups excluding carboxylic acids is 4. The SMILES string of the molecule is CCNC(=O)O[C@H]1[C@H](C)O[C@@H](O[C@H]2[C@H](N(C)C)[C@@H](O)[C@H](O[C@H]3[C@@H](CC=O)C[C@@H](C)[C@@H](O)CN(C)CCC[C@H](C/C=C/c4cnc(N)c5ccccc45)OC(=O)C[C@@H](O)[C@@H]3OC)O[C@@H]2C)C[C@@]1(C)OC(=O)CC. The minimum atomic E-state index is -1.51. The van der Waals surface area contributed by atoms with Gasteiger partial charge in [0.1, 0.15) is 36.5 Å². The van der Waals surface area contributed by atoms with Crippen molar-refractivity contribution in [2.24, 2.45) is 11.8 Å². The number of likely N-dealkylation sites (N-methyl/N-ethyl adjacent to an activating group) is 2. The standard InChI is InChI=1S/C52H81N5O15/c1-11-40(61)72-52(6)27-42(66-32(5)48(52)71-51(64)54-12-2)69-45-31(4)67-50(44(63)43(45)56(7)8)70-46-33(22-24-58)25-30(3)39(60)29-57(9)23-16-19-35(68-41(62)26-38(59)47(46)65-10)18-15-17-34-28-55-49(53)37-21-14-13-20-36(34)37/h13-15,17,20-21,24,28,30-33,35,38-39,42-48,50,59-60,63H,11-12,16,18-19,22-23,25-27,29H2,1-10H3,(H2,53,55)(H,54,64)/b17-15+/t30-,31-,32+,33+,35+,38-,39+,42+,43-,44-,45-,46+,47+,48+,50+,52-/m1/s1. The number of esters is 2. The van der Waals surface area contributed by atoms with Crippen molar-refractivity contribution >= 4 is 47.0 Å². The lowest BCUT2D eigenvalue weighted by Gasteiger charge is -2.50. The molecule has 5 rings (SSSR count). The van der Waals surface area contributed by atoms with Gasteiger partial charge in [-0.25, -0.2) is 9.78 Å². The Hall–Kier alpha value is -4.35. The van der Waals surface area contributed by atoms with Crippen molar-refractivity contribution in [3.63, 3.8) is 0 Å². The number of aliphatic hydroxyl groups is 3. The van der Waals surface area contributed by atoms with Gasteiger partial charge in [0.25, 0.3) is 0 Å². The van der Waals surface area contributed by atoms with Crippen molar-refractivity contribution in [3.8, 4) is 0 Å². The molecule has 1 aromatic heterocycles. The quantitative estimate of drug-likeness (QED) is 0.0960. The number of rotatable bonds is 15. The lowest BCUT2D eigenvalue weighted by atomic mass is 9.82. The first-order valence-corrected chi connectivity index (χ1v) is 25.4. The van der Waals surface area contributed by atoms with Gasteiger partial charge in [-0.2, -0.15) is 0 Å². The van der Waals surface area contributed by atoms with Crippen LogP contribution < -0.4 is 11.1 Å². The van der Waals surface area contributed by atoms with Gasteiger partial charge in [0.2, 0.25) is 0 Å². The summed E-state index contributed by atoms with van der Waals surface area (Å²) in [5.74, 6) is -1.83. The molecule has 0 radical (unpaired) electrons. The number of aromatic nitrogens is 1. The third kappa shape index (κ3) is 15.4. The van der Waals surface area contributed by atoms with E-state index in [1.165, 1.54) is 7.11 Å². The summed E-state index contributed by atoms with van der Waals surface area (Å²) in [7, 11) is 6.77. The molecule has 3 saturated heterocycles. The van der Waals surface area contributed by atoms with Crippen LogP contribution in [0.15, 0.2) is 36.5 Å². The number of carbonyl (C=O) groups is 4. The van der Waals surface area contributed by atoms with Crippen molar-refractivity contribution in [1.29, 1.82) is 0 Å². The Bertz CT molecular complexity index is 2100. The Morgan fingerprint density at radius 1 is 1.01 bits per heavy atom. The van der Waals surface area contributed by atoms with E-state index in [1.54, 1.807) is 59.8 Å². The number of hydrogen-bond donors (Lipinski definition) is 5. The second kappa shape index (κ2) is 27.3. The van der Waals surface area contributed by atoms with E-state index in [9.17, 15) is 34.5 Å². The van der Waals surface area contributed by atoms with Crippen molar-refractivity contribution in [3.05, 3.63) is 42.1 Å². The second-order valence-electron chi connectivity index (χ2n) is 20.0. The number of alkyl carbamates (subject to hydrolysis) is 1. The molecule has 16 atom stereocenters. The number of nitrogens with zero attached hydrogens (tertiary/aromatic N) is 3. The van der Waals surface area contributed by atoms with E-state index in [2.05, 4.69) is 10.3 Å². The molecule has 0 unspecified atom stereocenters. The number of cyclic esters (lactones) is 1. The van der Waals surface area contributed by atoms with Gasteiger partial charge in [-0.1, -0.05) is 50.3 Å². The number of β-amino-alcohol motifs (C(OH)–C–C–N with tert-alkyl or cyclic N) is 1. The zero-order chi connectivity index (χ0) is 52.9. The predicted molar refractivity (Wildman–Crippen MR) is 267 cm³/mol. The van der Waals surface area contributed by atoms with Crippen molar-refractivity contribution in [2.75, 3.05) is 53.6 Å². The molecule has 1 amide bonds. The highest BCUT2D eigenvalue weighted by atomic mass is 16.7. The summed E-state index contributed by atoms with van der Waals surface area (Å²) in [5.41, 5.74) is 5.63. The average Bonchev–Trinajstić information content (AvgIpc) is 3.31. The molecule has 20 nitrogen and oxygen atoms in total. The van der Waals surface area contributed by atoms with E-state index in [0.717, 1.165) is 22.6 Å². The third-order valence-corrected chi connectivity index (χ3v) is 14.1. The third-order valence-electron chi connectivity index (χ3n) is 14.1. The summed E-state index contributed by atoms with van der Waals surface area (Å²) >= 11 is 0. The molecule has 3 aliphatic rings. The number of hydrogen-bond acceptors (Lipinski definition) is 19. The average molecular weight is 1020 g/mol. The van der Waals surface area contributed by atoms with Crippen LogP contribution in [0.25, 0.3) is 16.8 Å². The molecule has 72 heavy (non-hydrogen) atoms. The summed E-state index contributed by atoms with van der Waals surface area (Å²) < 4.78 is 49.8. The van der Waals surface area contributed by atoms with E-state index < -0.39 is 116 Å². The number of pyridine rings is 1. The van der Waals surface area contributed by atoms with Gasteiger partial charge in [-0.05, 0) is 91.9 Å². The maximum Gasteiger partial charge on any atom is 0.407 e. The summed E-state index contributed by atoms with van der Waals surface area (Å²) in [6, 6.07) is 6.87. The van der Waals surface area contributed by atoms with Crippen LogP contribution in [0.4, 0.5) is 10.6 Å². The Morgan fingerprint density at radius 3 is 2.40 bits per heavy atom. The first-order valence-electron chi connectivity index (χ1n) is 25.4. The van der Waals surface area contributed by atoms with E-state index in [0.29, 0.717) is 44.7 Å². The maximum atomic E-state index is 13.8. The summed E-state index contributed by atoms with van der Waals surface area (Å²) in [4.78, 5) is 59.8. The van der Waals surface area contributed by atoms with Crippen LogP contribution in [0.2, 0.25) is 0 Å². The van der Waals surface area contributed by atoms with Gasteiger partial charge in [-0.15, -0.1) is 0 Å². The van der Waals surface area contributed by atoms with Gasteiger partial charge >= 0.3 is 18.0 Å².